The lowest BCUT2D eigenvalue weighted by molar-refractivity contribution is 0.100. The van der Waals surface area contributed by atoms with Gasteiger partial charge in [0, 0.05) is 11.8 Å². The molecule has 0 spiro atoms. The van der Waals surface area contributed by atoms with E-state index in [0.717, 1.165) is 6.26 Å². The van der Waals surface area contributed by atoms with Gasteiger partial charge in [0.2, 0.25) is 0 Å². The molecule has 2 aromatic carbocycles. The van der Waals surface area contributed by atoms with E-state index in [-0.39, 0.29) is 11.3 Å². The molecule has 120 valence electrons. The summed E-state index contributed by atoms with van der Waals surface area (Å²) in [4.78, 5) is 23.5. The molecule has 7 heteroatoms. The molecular weight excluding hydrogens is 316 g/mol. The van der Waals surface area contributed by atoms with Crippen LogP contribution in [0.2, 0.25) is 0 Å². The molecule has 6 nitrogen and oxygen atoms in total. The van der Waals surface area contributed by atoms with Crippen LogP contribution in [0.1, 0.15) is 26.3 Å². The van der Waals surface area contributed by atoms with Crippen molar-refractivity contribution in [3.8, 4) is 0 Å². The van der Waals surface area contributed by atoms with E-state index in [4.69, 9.17) is 5.73 Å². The number of para-hydroxylation sites is 1. The number of benzene rings is 2. The summed E-state index contributed by atoms with van der Waals surface area (Å²) in [5, 5.41) is 2.62. The van der Waals surface area contributed by atoms with Crippen molar-refractivity contribution in [3.63, 3.8) is 0 Å². The summed E-state index contributed by atoms with van der Waals surface area (Å²) in [6.07, 6.45) is 1.15. The molecule has 2 aromatic rings. The van der Waals surface area contributed by atoms with Crippen LogP contribution in [0.4, 0.5) is 5.69 Å². The topological polar surface area (TPSA) is 106 Å². The number of hydrogen-bond donors (Lipinski definition) is 2. The van der Waals surface area contributed by atoms with Crippen molar-refractivity contribution in [2.75, 3.05) is 11.6 Å². The summed E-state index contributed by atoms with van der Waals surface area (Å²) in [6, 6.07) is 12.6. The van der Waals surface area contributed by atoms with E-state index in [1.807, 2.05) is 0 Å². The fraction of sp³-hybridized carbons (Fsp3) is 0.125. The van der Waals surface area contributed by atoms with E-state index in [2.05, 4.69) is 5.32 Å². The maximum atomic E-state index is 12.2. The lowest BCUT2D eigenvalue weighted by atomic mass is 10.1. The zero-order valence-corrected chi connectivity index (χ0v) is 13.3. The van der Waals surface area contributed by atoms with E-state index < -0.39 is 21.7 Å². The van der Waals surface area contributed by atoms with E-state index in [1.54, 1.807) is 30.3 Å². The van der Waals surface area contributed by atoms with Gasteiger partial charge in [-0.25, -0.2) is 8.42 Å². The summed E-state index contributed by atoms with van der Waals surface area (Å²) in [5.41, 5.74) is 6.75. The van der Waals surface area contributed by atoms with Crippen molar-refractivity contribution in [2.24, 2.45) is 5.73 Å². The van der Waals surface area contributed by atoms with Crippen LogP contribution in [0.5, 0.6) is 0 Å². The molecule has 0 fully saturated rings. The molecule has 0 atom stereocenters. The lowest BCUT2D eigenvalue weighted by Gasteiger charge is -2.09. The number of carbonyl (C=O) groups excluding carboxylic acids is 2. The Bertz CT molecular complexity index is 843. The highest BCUT2D eigenvalue weighted by Crippen LogP contribution is 2.16. The second-order valence-electron chi connectivity index (χ2n) is 5.13. The Hall–Kier alpha value is -2.67. The van der Waals surface area contributed by atoms with Gasteiger partial charge in [0.1, 0.15) is 0 Å². The smallest absolute Gasteiger partial charge is 0.255 e. The molecule has 23 heavy (non-hydrogen) atoms. The van der Waals surface area contributed by atoms with Crippen LogP contribution in [-0.2, 0) is 15.6 Å². The van der Waals surface area contributed by atoms with Crippen LogP contribution < -0.4 is 11.1 Å². The molecule has 0 saturated heterocycles. The van der Waals surface area contributed by atoms with E-state index in [1.165, 1.54) is 18.2 Å². The van der Waals surface area contributed by atoms with Crippen LogP contribution >= 0.6 is 0 Å². The average molecular weight is 332 g/mol. The Labute approximate surface area is 134 Å². The van der Waals surface area contributed by atoms with Gasteiger partial charge in [-0.3, -0.25) is 9.59 Å². The molecule has 0 heterocycles. The van der Waals surface area contributed by atoms with Gasteiger partial charge in [-0.05, 0) is 29.8 Å². The monoisotopic (exact) mass is 332 g/mol. The number of amides is 2. The second-order valence-corrected chi connectivity index (χ2v) is 7.27. The number of nitrogens with one attached hydrogen (secondary N) is 1. The number of rotatable bonds is 5. The Balaban J connectivity index is 2.17. The molecule has 0 saturated carbocycles. The quantitative estimate of drug-likeness (QED) is 0.867. The highest BCUT2D eigenvalue weighted by Gasteiger charge is 2.12. The number of anilines is 1. The molecule has 0 aromatic heterocycles. The first kappa shape index (κ1) is 16.7. The predicted octanol–water partition coefficient (Wildman–Crippen LogP) is 1.58. The molecule has 2 amide bonds. The molecule has 0 bridgehead atoms. The fourth-order valence-corrected chi connectivity index (χ4v) is 2.85. The van der Waals surface area contributed by atoms with Crippen LogP contribution in [-0.4, -0.2) is 26.5 Å². The van der Waals surface area contributed by atoms with Gasteiger partial charge in [0.05, 0.1) is 17.0 Å². The van der Waals surface area contributed by atoms with Gasteiger partial charge in [0.25, 0.3) is 11.8 Å². The summed E-state index contributed by atoms with van der Waals surface area (Å²) in [6.45, 7) is 0. The van der Waals surface area contributed by atoms with Gasteiger partial charge in [-0.15, -0.1) is 0 Å². The average Bonchev–Trinajstić information content (AvgIpc) is 2.46. The van der Waals surface area contributed by atoms with Crippen molar-refractivity contribution in [1.29, 1.82) is 0 Å². The van der Waals surface area contributed by atoms with Crippen molar-refractivity contribution < 1.29 is 18.0 Å². The maximum Gasteiger partial charge on any atom is 0.255 e. The van der Waals surface area contributed by atoms with Crippen LogP contribution in [0.15, 0.2) is 48.5 Å². The number of hydrogen-bond acceptors (Lipinski definition) is 4. The SMILES string of the molecule is CS(=O)(=O)Cc1ccc(C(=O)Nc2ccccc2C(N)=O)cc1. The summed E-state index contributed by atoms with van der Waals surface area (Å²) in [7, 11) is -3.13. The predicted molar refractivity (Wildman–Crippen MR) is 87.9 cm³/mol. The minimum absolute atomic E-state index is 0.0839. The van der Waals surface area contributed by atoms with Crippen molar-refractivity contribution in [2.45, 2.75) is 5.75 Å². The molecule has 0 unspecified atom stereocenters. The van der Waals surface area contributed by atoms with Gasteiger partial charge in [-0.1, -0.05) is 24.3 Å². The van der Waals surface area contributed by atoms with Gasteiger partial charge in [0.15, 0.2) is 9.84 Å². The molecule has 2 rings (SSSR count). The molecule has 0 aliphatic rings. The number of primary amides is 1. The summed E-state index contributed by atoms with van der Waals surface area (Å²) in [5.74, 6) is -1.13. The Morgan fingerprint density at radius 3 is 2.22 bits per heavy atom. The zero-order valence-electron chi connectivity index (χ0n) is 12.4. The second kappa shape index (κ2) is 6.62. The normalized spacial score (nSPS) is 11.0. The highest BCUT2D eigenvalue weighted by molar-refractivity contribution is 7.89. The number of sulfone groups is 1. The first-order valence-corrected chi connectivity index (χ1v) is 8.79. The number of carbonyl (C=O) groups is 2. The van der Waals surface area contributed by atoms with Crippen molar-refractivity contribution in [1.82, 2.24) is 0 Å². The Morgan fingerprint density at radius 1 is 1.04 bits per heavy atom. The van der Waals surface area contributed by atoms with Gasteiger partial charge in [-0.2, -0.15) is 0 Å². The first-order valence-electron chi connectivity index (χ1n) is 6.73. The highest BCUT2D eigenvalue weighted by atomic mass is 32.2. The fourth-order valence-electron chi connectivity index (χ4n) is 2.06. The molecule has 0 radical (unpaired) electrons. The maximum absolute atomic E-state index is 12.2. The van der Waals surface area contributed by atoms with Crippen LogP contribution in [0.25, 0.3) is 0 Å². The molecular formula is C16H16N2O4S. The molecule has 0 aliphatic heterocycles. The van der Waals surface area contributed by atoms with E-state index >= 15 is 0 Å². The van der Waals surface area contributed by atoms with E-state index in [9.17, 15) is 18.0 Å². The third-order valence-corrected chi connectivity index (χ3v) is 3.94. The third kappa shape index (κ3) is 4.65. The Morgan fingerprint density at radius 2 is 1.65 bits per heavy atom. The summed E-state index contributed by atoms with van der Waals surface area (Å²) >= 11 is 0. The van der Waals surface area contributed by atoms with Crippen LogP contribution in [0.3, 0.4) is 0 Å². The zero-order chi connectivity index (χ0) is 17.0. The molecule has 3 N–H and O–H groups in total. The first-order chi connectivity index (χ1) is 10.8. The molecule has 0 aliphatic carbocycles. The minimum Gasteiger partial charge on any atom is -0.366 e. The van der Waals surface area contributed by atoms with Gasteiger partial charge >= 0.3 is 0 Å². The van der Waals surface area contributed by atoms with E-state index in [0.29, 0.717) is 16.8 Å². The largest absolute Gasteiger partial charge is 0.366 e. The summed E-state index contributed by atoms with van der Waals surface area (Å²) < 4.78 is 22.5. The lowest BCUT2D eigenvalue weighted by Crippen LogP contribution is -2.18. The van der Waals surface area contributed by atoms with Gasteiger partial charge < -0.3 is 11.1 Å². The number of nitrogens with two attached hydrogens (primary N) is 1. The van der Waals surface area contributed by atoms with Crippen molar-refractivity contribution >= 4 is 27.3 Å². The minimum atomic E-state index is -3.13. The van der Waals surface area contributed by atoms with Crippen LogP contribution in [0, 0.1) is 0 Å². The van der Waals surface area contributed by atoms with Crippen molar-refractivity contribution in [3.05, 3.63) is 65.2 Å². The Kier molecular flexibility index (Phi) is 4.80. The third-order valence-electron chi connectivity index (χ3n) is 3.09. The standard InChI is InChI=1S/C16H16N2O4S/c1-23(21,22)10-11-6-8-12(9-7-11)16(20)18-14-5-3-2-4-13(14)15(17)19/h2-9H,10H2,1H3,(H2,17,19)(H,18,20).